The first kappa shape index (κ1) is 20.6. The Balaban J connectivity index is 1.45. The van der Waals surface area contributed by atoms with Crippen LogP contribution >= 0.6 is 11.3 Å². The molecule has 2 aliphatic rings. The molecule has 0 radical (unpaired) electrons. The van der Waals surface area contributed by atoms with Crippen LogP contribution in [0.4, 0.5) is 4.79 Å². The zero-order valence-corrected chi connectivity index (χ0v) is 18.0. The molecule has 158 valence electrons. The Morgan fingerprint density at radius 3 is 2.67 bits per heavy atom. The number of hydrogen-bond donors (Lipinski definition) is 2. The topological polar surface area (TPSA) is 81.8 Å². The van der Waals surface area contributed by atoms with Crippen LogP contribution in [0, 0.1) is 6.92 Å². The molecule has 2 aliphatic heterocycles. The van der Waals surface area contributed by atoms with Crippen LogP contribution in [0.25, 0.3) is 0 Å². The van der Waals surface area contributed by atoms with Gasteiger partial charge < -0.3 is 5.32 Å². The van der Waals surface area contributed by atoms with Gasteiger partial charge in [0.25, 0.3) is 11.8 Å². The van der Waals surface area contributed by atoms with Gasteiger partial charge in [-0.1, -0.05) is 37.3 Å². The molecular formula is C22H26N4O3S. The minimum atomic E-state index is -1.16. The van der Waals surface area contributed by atoms with E-state index in [2.05, 4.69) is 34.7 Å². The highest BCUT2D eigenvalue weighted by atomic mass is 32.1. The van der Waals surface area contributed by atoms with Gasteiger partial charge in [-0.3, -0.25) is 19.9 Å². The summed E-state index contributed by atoms with van der Waals surface area (Å²) in [7, 11) is 0. The monoisotopic (exact) mass is 426 g/mol. The molecule has 30 heavy (non-hydrogen) atoms. The average molecular weight is 427 g/mol. The minimum Gasteiger partial charge on any atom is -0.318 e. The fourth-order valence-corrected chi connectivity index (χ4v) is 5.40. The van der Waals surface area contributed by atoms with Crippen molar-refractivity contribution in [2.45, 2.75) is 44.7 Å². The molecule has 0 aliphatic carbocycles. The van der Waals surface area contributed by atoms with Gasteiger partial charge in [0.15, 0.2) is 0 Å². The summed E-state index contributed by atoms with van der Waals surface area (Å²) < 4.78 is 0. The first-order valence-corrected chi connectivity index (χ1v) is 11.1. The highest BCUT2D eigenvalue weighted by Gasteiger charge is 2.52. The molecule has 4 rings (SSSR count). The highest BCUT2D eigenvalue weighted by Crippen LogP contribution is 2.35. The van der Waals surface area contributed by atoms with Crippen molar-refractivity contribution >= 4 is 29.2 Å². The van der Waals surface area contributed by atoms with Crippen molar-refractivity contribution in [1.82, 2.24) is 20.7 Å². The number of carbonyl (C=O) groups is 3. The first-order valence-electron chi connectivity index (χ1n) is 10.3. The van der Waals surface area contributed by atoms with Gasteiger partial charge in [-0.05, 0) is 50.4 Å². The summed E-state index contributed by atoms with van der Waals surface area (Å²) in [6.45, 7) is 4.88. The number of urea groups is 1. The number of nitrogens with zero attached hydrogens (tertiary/aromatic N) is 2. The van der Waals surface area contributed by atoms with Gasteiger partial charge in [0, 0.05) is 15.8 Å². The number of hydrogen-bond acceptors (Lipinski definition) is 5. The molecule has 0 spiro atoms. The number of hydrazine groups is 1. The molecule has 2 N–H and O–H groups in total. The normalized spacial score (nSPS) is 24.3. The number of amides is 4. The summed E-state index contributed by atoms with van der Waals surface area (Å²) in [5, 5.41) is 3.61. The van der Waals surface area contributed by atoms with Crippen LogP contribution in [0.2, 0.25) is 0 Å². The summed E-state index contributed by atoms with van der Waals surface area (Å²) in [4.78, 5) is 43.1. The second-order valence-electron chi connectivity index (χ2n) is 7.81. The lowest BCUT2D eigenvalue weighted by Crippen LogP contribution is -2.51. The van der Waals surface area contributed by atoms with Crippen molar-refractivity contribution in [3.8, 4) is 0 Å². The molecule has 2 fully saturated rings. The van der Waals surface area contributed by atoms with Gasteiger partial charge in [0.2, 0.25) is 0 Å². The maximum Gasteiger partial charge on any atom is 0.344 e. The predicted octanol–water partition coefficient (Wildman–Crippen LogP) is 3.08. The molecule has 1 aromatic carbocycles. The third-order valence-electron chi connectivity index (χ3n) is 5.92. The van der Waals surface area contributed by atoms with Crippen molar-refractivity contribution in [3.05, 3.63) is 57.8 Å². The molecule has 2 unspecified atom stereocenters. The number of carbonyl (C=O) groups excluding carboxylic acids is 3. The maximum absolute atomic E-state index is 13.1. The van der Waals surface area contributed by atoms with E-state index < -0.39 is 17.5 Å². The lowest BCUT2D eigenvalue weighted by Gasteiger charge is -2.26. The van der Waals surface area contributed by atoms with E-state index in [-0.39, 0.29) is 18.5 Å². The van der Waals surface area contributed by atoms with E-state index in [1.165, 1.54) is 9.75 Å². The summed E-state index contributed by atoms with van der Waals surface area (Å²) in [5.74, 6) is -0.819. The zero-order valence-electron chi connectivity index (χ0n) is 17.2. The quantitative estimate of drug-likeness (QED) is 0.696. The number of likely N-dealkylation sites (tertiary alicyclic amines) is 1. The van der Waals surface area contributed by atoms with E-state index in [0.717, 1.165) is 24.4 Å². The smallest absolute Gasteiger partial charge is 0.318 e. The lowest BCUT2D eigenvalue weighted by molar-refractivity contribution is -0.140. The number of imide groups is 1. The van der Waals surface area contributed by atoms with E-state index >= 15 is 0 Å². The SMILES string of the molecule is CCC1(c2ccccc2)NC(=O)N(NC(=O)CN2CCCC2c2ccc(C)s2)C1=O. The Labute approximate surface area is 180 Å². The molecule has 4 amide bonds. The fourth-order valence-electron chi connectivity index (χ4n) is 4.35. The molecule has 0 saturated carbocycles. The van der Waals surface area contributed by atoms with Gasteiger partial charge in [0.05, 0.1) is 6.54 Å². The lowest BCUT2D eigenvalue weighted by atomic mass is 9.87. The Morgan fingerprint density at radius 2 is 2.00 bits per heavy atom. The standard InChI is InChI=1S/C22H26N4O3S/c1-3-22(16-8-5-4-6-9-16)20(28)26(21(29)23-22)24-19(27)14-25-13-7-10-17(25)18-12-11-15(2)30-18/h4-6,8-9,11-12,17H,3,7,10,13-14H2,1-2H3,(H,23,29)(H,24,27). The molecule has 2 aromatic rings. The van der Waals surface area contributed by atoms with E-state index in [4.69, 9.17) is 0 Å². The third-order valence-corrected chi connectivity index (χ3v) is 7.03. The van der Waals surface area contributed by atoms with Crippen LogP contribution in [-0.2, 0) is 15.1 Å². The van der Waals surface area contributed by atoms with Gasteiger partial charge in [0.1, 0.15) is 5.54 Å². The molecule has 3 heterocycles. The van der Waals surface area contributed by atoms with E-state index in [1.54, 1.807) is 11.3 Å². The molecule has 8 heteroatoms. The maximum atomic E-state index is 13.1. The van der Waals surface area contributed by atoms with Crippen molar-refractivity contribution in [3.63, 3.8) is 0 Å². The van der Waals surface area contributed by atoms with E-state index in [0.29, 0.717) is 12.0 Å². The molecule has 1 aromatic heterocycles. The molecule has 7 nitrogen and oxygen atoms in total. The number of aryl methyl sites for hydroxylation is 1. The Hall–Kier alpha value is -2.71. The number of rotatable bonds is 6. The van der Waals surface area contributed by atoms with Gasteiger partial charge >= 0.3 is 6.03 Å². The number of benzene rings is 1. The van der Waals surface area contributed by atoms with Crippen molar-refractivity contribution in [2.75, 3.05) is 13.1 Å². The Bertz CT molecular complexity index is 960. The summed E-state index contributed by atoms with van der Waals surface area (Å²) in [6, 6.07) is 12.9. The molecule has 2 saturated heterocycles. The Morgan fingerprint density at radius 1 is 1.23 bits per heavy atom. The van der Waals surface area contributed by atoms with E-state index in [9.17, 15) is 14.4 Å². The van der Waals surface area contributed by atoms with Crippen molar-refractivity contribution < 1.29 is 14.4 Å². The van der Waals surface area contributed by atoms with Gasteiger partial charge in [-0.2, -0.15) is 5.01 Å². The second kappa shape index (κ2) is 8.20. The van der Waals surface area contributed by atoms with Gasteiger partial charge in [-0.25, -0.2) is 4.79 Å². The highest BCUT2D eigenvalue weighted by molar-refractivity contribution is 7.12. The summed E-state index contributed by atoms with van der Waals surface area (Å²) >= 11 is 1.75. The van der Waals surface area contributed by atoms with Crippen molar-refractivity contribution in [1.29, 1.82) is 0 Å². The van der Waals surface area contributed by atoms with Crippen molar-refractivity contribution in [2.24, 2.45) is 0 Å². The molecule has 0 bridgehead atoms. The zero-order chi connectivity index (χ0) is 21.3. The third kappa shape index (κ3) is 3.61. The fraction of sp³-hybridized carbons (Fsp3) is 0.409. The average Bonchev–Trinajstić information content (AvgIpc) is 3.43. The van der Waals surface area contributed by atoms with Crippen LogP contribution in [0.3, 0.4) is 0 Å². The Kier molecular flexibility index (Phi) is 5.62. The summed E-state index contributed by atoms with van der Waals surface area (Å²) in [5.41, 5.74) is 2.08. The van der Waals surface area contributed by atoms with Crippen LogP contribution in [0.5, 0.6) is 0 Å². The molecular weight excluding hydrogens is 400 g/mol. The van der Waals surface area contributed by atoms with Crippen LogP contribution in [-0.4, -0.2) is 40.8 Å². The van der Waals surface area contributed by atoms with Gasteiger partial charge in [-0.15, -0.1) is 11.3 Å². The van der Waals surface area contributed by atoms with Crippen LogP contribution < -0.4 is 10.7 Å². The number of nitrogens with one attached hydrogen (secondary N) is 2. The van der Waals surface area contributed by atoms with Crippen LogP contribution in [0.15, 0.2) is 42.5 Å². The predicted molar refractivity (Wildman–Crippen MR) is 115 cm³/mol. The minimum absolute atomic E-state index is 0.142. The second-order valence-corrected chi connectivity index (χ2v) is 9.13. The largest absolute Gasteiger partial charge is 0.344 e. The number of thiophene rings is 1. The molecule has 2 atom stereocenters. The van der Waals surface area contributed by atoms with Crippen LogP contribution in [0.1, 0.15) is 47.5 Å². The first-order chi connectivity index (χ1) is 14.4. The summed E-state index contributed by atoms with van der Waals surface area (Å²) in [6.07, 6.45) is 2.41. The van der Waals surface area contributed by atoms with E-state index in [1.807, 2.05) is 37.3 Å².